The first-order chi connectivity index (χ1) is 12.3. The number of ether oxygens (including phenoxy) is 1. The van der Waals surface area contributed by atoms with Gasteiger partial charge >= 0.3 is 0 Å². The Hall–Kier alpha value is -2.37. The van der Waals surface area contributed by atoms with Crippen LogP contribution in [0.25, 0.3) is 11.4 Å². The van der Waals surface area contributed by atoms with Crippen molar-refractivity contribution in [1.82, 2.24) is 15.5 Å². The number of hydrogen-bond donors (Lipinski definition) is 1. The first kappa shape index (κ1) is 16.1. The van der Waals surface area contributed by atoms with Crippen LogP contribution in [0.15, 0.2) is 53.1 Å². The van der Waals surface area contributed by atoms with Crippen LogP contribution in [0, 0.1) is 0 Å². The van der Waals surface area contributed by atoms with Crippen molar-refractivity contribution in [2.75, 3.05) is 13.1 Å². The van der Waals surface area contributed by atoms with Gasteiger partial charge in [-0.15, -0.1) is 0 Å². The van der Waals surface area contributed by atoms with Gasteiger partial charge in [0.1, 0.15) is 11.9 Å². The molecule has 0 saturated carbocycles. The second kappa shape index (κ2) is 7.25. The smallest absolute Gasteiger partial charge is 0.231 e. The molecule has 1 atom stereocenters. The van der Waals surface area contributed by atoms with Crippen LogP contribution in [-0.2, 0) is 6.42 Å². The molecule has 2 aromatic carbocycles. The van der Waals surface area contributed by atoms with Crippen molar-refractivity contribution >= 4 is 11.6 Å². The summed E-state index contributed by atoms with van der Waals surface area (Å²) in [6, 6.07) is 15.4. The molecule has 1 fully saturated rings. The summed E-state index contributed by atoms with van der Waals surface area (Å²) in [5.74, 6) is 1.97. The van der Waals surface area contributed by atoms with Crippen LogP contribution in [-0.4, -0.2) is 29.3 Å². The molecule has 6 heteroatoms. The molecule has 3 aromatic rings. The van der Waals surface area contributed by atoms with Crippen LogP contribution in [0.2, 0.25) is 5.02 Å². The Morgan fingerprint density at radius 1 is 1.16 bits per heavy atom. The van der Waals surface area contributed by atoms with Gasteiger partial charge in [-0.2, -0.15) is 4.98 Å². The summed E-state index contributed by atoms with van der Waals surface area (Å²) in [6.07, 6.45) is 1.80. The van der Waals surface area contributed by atoms with Gasteiger partial charge in [0.15, 0.2) is 0 Å². The summed E-state index contributed by atoms with van der Waals surface area (Å²) in [7, 11) is 0. The van der Waals surface area contributed by atoms with Gasteiger partial charge in [-0.1, -0.05) is 35.0 Å². The molecule has 1 aliphatic rings. The third-order valence-electron chi connectivity index (χ3n) is 4.20. The molecule has 2 heterocycles. The van der Waals surface area contributed by atoms with Crippen LogP contribution >= 0.6 is 11.6 Å². The minimum Gasteiger partial charge on any atom is -0.489 e. The normalized spacial score (nSPS) is 16.9. The van der Waals surface area contributed by atoms with Gasteiger partial charge < -0.3 is 14.6 Å². The van der Waals surface area contributed by atoms with Gasteiger partial charge in [0, 0.05) is 17.1 Å². The highest BCUT2D eigenvalue weighted by atomic mass is 35.5. The maximum absolute atomic E-state index is 6.18. The average molecular weight is 356 g/mol. The third kappa shape index (κ3) is 3.83. The lowest BCUT2D eigenvalue weighted by Crippen LogP contribution is -2.19. The molecule has 1 saturated heterocycles. The standard InChI is InChI=1S/C19H18ClN3O2/c20-17-4-2-1-3-14(17)11-18-22-19(23-25-18)13-5-7-15(8-6-13)24-16-9-10-21-12-16/h1-8,16,21H,9-12H2/t16-/m0/s1. The first-order valence-electron chi connectivity index (χ1n) is 8.32. The molecule has 5 nitrogen and oxygen atoms in total. The molecule has 1 aliphatic heterocycles. The van der Waals surface area contributed by atoms with E-state index >= 15 is 0 Å². The molecule has 25 heavy (non-hydrogen) atoms. The average Bonchev–Trinajstić information content (AvgIpc) is 3.30. The van der Waals surface area contributed by atoms with Gasteiger partial charge in [-0.3, -0.25) is 0 Å². The summed E-state index contributed by atoms with van der Waals surface area (Å²) in [5.41, 5.74) is 1.86. The zero-order valence-corrected chi connectivity index (χ0v) is 14.4. The number of nitrogens with zero attached hydrogens (tertiary/aromatic N) is 2. The Balaban J connectivity index is 1.45. The van der Waals surface area contributed by atoms with E-state index < -0.39 is 0 Å². The van der Waals surface area contributed by atoms with Crippen molar-refractivity contribution in [3.05, 3.63) is 65.0 Å². The lowest BCUT2D eigenvalue weighted by Gasteiger charge is -2.12. The molecule has 128 valence electrons. The predicted octanol–water partition coefficient (Wildman–Crippen LogP) is 3.72. The van der Waals surface area contributed by atoms with Gasteiger partial charge in [0.05, 0.1) is 6.42 Å². The van der Waals surface area contributed by atoms with E-state index in [9.17, 15) is 0 Å². The number of halogens is 1. The van der Waals surface area contributed by atoms with Crippen molar-refractivity contribution in [3.63, 3.8) is 0 Å². The second-order valence-electron chi connectivity index (χ2n) is 6.04. The lowest BCUT2D eigenvalue weighted by molar-refractivity contribution is 0.223. The summed E-state index contributed by atoms with van der Waals surface area (Å²) in [4.78, 5) is 4.46. The SMILES string of the molecule is Clc1ccccc1Cc1nc(-c2ccc(O[C@H]3CCNC3)cc2)no1. The quantitative estimate of drug-likeness (QED) is 0.755. The Morgan fingerprint density at radius 3 is 2.76 bits per heavy atom. The second-order valence-corrected chi connectivity index (χ2v) is 6.44. The number of nitrogens with one attached hydrogen (secondary N) is 1. The van der Waals surface area contributed by atoms with Gasteiger partial charge in [-0.25, -0.2) is 0 Å². The maximum atomic E-state index is 6.18. The van der Waals surface area contributed by atoms with Gasteiger partial charge in [0.25, 0.3) is 0 Å². The monoisotopic (exact) mass is 355 g/mol. The van der Waals surface area contributed by atoms with Gasteiger partial charge in [-0.05, 0) is 48.9 Å². The van der Waals surface area contributed by atoms with Crippen LogP contribution in [0.1, 0.15) is 17.9 Å². The molecule has 0 aliphatic carbocycles. The van der Waals surface area contributed by atoms with E-state index in [1.807, 2.05) is 48.5 Å². The van der Waals surface area contributed by atoms with E-state index in [0.29, 0.717) is 23.2 Å². The Kier molecular flexibility index (Phi) is 4.68. The van der Waals surface area contributed by atoms with Crippen LogP contribution in [0.4, 0.5) is 0 Å². The third-order valence-corrected chi connectivity index (χ3v) is 4.57. The Labute approximate surface area is 151 Å². The molecule has 1 aromatic heterocycles. The van der Waals surface area contributed by atoms with Crippen LogP contribution in [0.3, 0.4) is 0 Å². The van der Waals surface area contributed by atoms with Crippen LogP contribution in [0.5, 0.6) is 5.75 Å². The molecular weight excluding hydrogens is 338 g/mol. The molecular formula is C19H18ClN3O2. The number of aromatic nitrogens is 2. The molecule has 0 bridgehead atoms. The Bertz CT molecular complexity index is 842. The zero-order chi connectivity index (χ0) is 17.1. The summed E-state index contributed by atoms with van der Waals surface area (Å²) < 4.78 is 11.3. The molecule has 1 N–H and O–H groups in total. The topological polar surface area (TPSA) is 60.2 Å². The van der Waals surface area contributed by atoms with E-state index in [1.54, 1.807) is 0 Å². The van der Waals surface area contributed by atoms with Crippen molar-refractivity contribution in [3.8, 4) is 17.1 Å². The minimum absolute atomic E-state index is 0.248. The zero-order valence-electron chi connectivity index (χ0n) is 13.6. The first-order valence-corrected chi connectivity index (χ1v) is 8.69. The molecule has 0 unspecified atom stereocenters. The fraction of sp³-hybridized carbons (Fsp3) is 0.263. The fourth-order valence-corrected chi connectivity index (χ4v) is 3.05. The predicted molar refractivity (Wildman–Crippen MR) is 95.9 cm³/mol. The van der Waals surface area contributed by atoms with Crippen molar-refractivity contribution in [2.45, 2.75) is 18.9 Å². The maximum Gasteiger partial charge on any atom is 0.231 e. The molecule has 0 radical (unpaired) electrons. The summed E-state index contributed by atoms with van der Waals surface area (Å²) in [6.45, 7) is 1.91. The van der Waals surface area contributed by atoms with E-state index in [-0.39, 0.29) is 6.10 Å². The molecule has 0 amide bonds. The van der Waals surface area contributed by atoms with Crippen molar-refractivity contribution in [1.29, 1.82) is 0 Å². The highest BCUT2D eigenvalue weighted by molar-refractivity contribution is 6.31. The minimum atomic E-state index is 0.248. The van der Waals surface area contributed by atoms with E-state index in [0.717, 1.165) is 36.4 Å². The highest BCUT2D eigenvalue weighted by Crippen LogP contribution is 2.23. The molecule has 0 spiro atoms. The van der Waals surface area contributed by atoms with E-state index in [1.165, 1.54) is 0 Å². The fourth-order valence-electron chi connectivity index (χ4n) is 2.85. The van der Waals surface area contributed by atoms with Crippen LogP contribution < -0.4 is 10.1 Å². The number of rotatable bonds is 5. The summed E-state index contributed by atoms with van der Waals surface area (Å²) >= 11 is 6.18. The number of hydrogen-bond acceptors (Lipinski definition) is 5. The van der Waals surface area contributed by atoms with E-state index in [2.05, 4.69) is 15.5 Å². The largest absolute Gasteiger partial charge is 0.489 e. The Morgan fingerprint density at radius 2 is 2.00 bits per heavy atom. The van der Waals surface area contributed by atoms with E-state index in [4.69, 9.17) is 20.9 Å². The summed E-state index contributed by atoms with van der Waals surface area (Å²) in [5, 5.41) is 8.05. The van der Waals surface area contributed by atoms with Crippen molar-refractivity contribution < 1.29 is 9.26 Å². The molecule has 4 rings (SSSR count). The lowest BCUT2D eigenvalue weighted by atomic mass is 10.1. The highest BCUT2D eigenvalue weighted by Gasteiger charge is 2.16. The number of benzene rings is 2. The van der Waals surface area contributed by atoms with Crippen molar-refractivity contribution in [2.24, 2.45) is 0 Å². The van der Waals surface area contributed by atoms with Gasteiger partial charge in [0.2, 0.25) is 11.7 Å².